The summed E-state index contributed by atoms with van der Waals surface area (Å²) in [6.45, 7) is 2.95. The van der Waals surface area contributed by atoms with Crippen LogP contribution in [0.15, 0.2) is 24.4 Å². The molecule has 1 saturated heterocycles. The molecule has 2 heterocycles. The third kappa shape index (κ3) is 3.62. The highest BCUT2D eigenvalue weighted by atomic mass is 19.1. The SMILES string of the molecule is Cc1cc(F)c(C(=O)NC2CC2)cc1-c1cnc(NC2COC2)c(C#N)c1. The molecule has 2 fully saturated rings. The highest BCUT2D eigenvalue weighted by molar-refractivity contribution is 5.96. The number of nitrogens with zero attached hydrogens (tertiary/aromatic N) is 2. The maximum Gasteiger partial charge on any atom is 0.254 e. The first-order chi connectivity index (χ1) is 13.0. The first kappa shape index (κ1) is 17.4. The first-order valence-corrected chi connectivity index (χ1v) is 8.91. The Labute approximate surface area is 156 Å². The van der Waals surface area contributed by atoms with Gasteiger partial charge >= 0.3 is 0 Å². The molecule has 1 saturated carbocycles. The number of carbonyl (C=O) groups is 1. The molecule has 0 radical (unpaired) electrons. The van der Waals surface area contributed by atoms with E-state index >= 15 is 0 Å². The standard InChI is InChI=1S/C20H19FN4O2/c1-11-4-18(21)17(20(26)25-14-2-3-14)6-16(11)13-5-12(7-22)19(23-8-13)24-15-9-27-10-15/h4-6,8,14-15H,2-3,9-10H2,1H3,(H,23,24)(H,25,26). The van der Waals surface area contributed by atoms with Crippen LogP contribution >= 0.6 is 0 Å². The molecule has 7 heteroatoms. The monoisotopic (exact) mass is 366 g/mol. The molecule has 1 aromatic carbocycles. The molecule has 0 unspecified atom stereocenters. The third-order valence-corrected chi connectivity index (χ3v) is 4.77. The van der Waals surface area contributed by atoms with E-state index in [0.717, 1.165) is 12.8 Å². The summed E-state index contributed by atoms with van der Waals surface area (Å²) in [7, 11) is 0. The number of anilines is 1. The van der Waals surface area contributed by atoms with Crippen LogP contribution in [0.5, 0.6) is 0 Å². The van der Waals surface area contributed by atoms with Crippen LogP contribution in [0, 0.1) is 24.1 Å². The van der Waals surface area contributed by atoms with Crippen molar-refractivity contribution >= 4 is 11.7 Å². The highest BCUT2D eigenvalue weighted by Crippen LogP contribution is 2.29. The fourth-order valence-corrected chi connectivity index (χ4v) is 2.97. The smallest absolute Gasteiger partial charge is 0.254 e. The number of nitriles is 1. The summed E-state index contributed by atoms with van der Waals surface area (Å²) in [6.07, 6.45) is 3.50. The fourth-order valence-electron chi connectivity index (χ4n) is 2.97. The van der Waals surface area contributed by atoms with Gasteiger partial charge in [0.25, 0.3) is 5.91 Å². The van der Waals surface area contributed by atoms with Crippen LogP contribution in [0.1, 0.15) is 34.3 Å². The molecule has 2 N–H and O–H groups in total. The summed E-state index contributed by atoms with van der Waals surface area (Å²) in [5.74, 6) is -0.458. The van der Waals surface area contributed by atoms with Crippen molar-refractivity contribution in [1.82, 2.24) is 10.3 Å². The molecular weight excluding hydrogens is 347 g/mol. The summed E-state index contributed by atoms with van der Waals surface area (Å²) >= 11 is 0. The molecule has 1 aliphatic heterocycles. The number of nitrogens with one attached hydrogen (secondary N) is 2. The minimum Gasteiger partial charge on any atom is -0.377 e. The van der Waals surface area contributed by atoms with Crippen molar-refractivity contribution < 1.29 is 13.9 Å². The number of ether oxygens (including phenoxy) is 1. The van der Waals surface area contributed by atoms with Crippen molar-refractivity contribution in [2.24, 2.45) is 0 Å². The van der Waals surface area contributed by atoms with E-state index in [1.807, 2.05) is 0 Å². The van der Waals surface area contributed by atoms with Gasteiger partial charge in [0.2, 0.25) is 0 Å². The van der Waals surface area contributed by atoms with Gasteiger partial charge in [-0.15, -0.1) is 0 Å². The van der Waals surface area contributed by atoms with Gasteiger partial charge in [0.1, 0.15) is 17.7 Å². The molecule has 27 heavy (non-hydrogen) atoms. The van der Waals surface area contributed by atoms with Gasteiger partial charge in [-0.3, -0.25) is 4.79 Å². The second-order valence-electron chi connectivity index (χ2n) is 7.01. The van der Waals surface area contributed by atoms with Crippen LogP contribution in [-0.4, -0.2) is 36.2 Å². The molecule has 2 aliphatic rings. The molecule has 1 aromatic heterocycles. The van der Waals surface area contributed by atoms with E-state index in [1.165, 1.54) is 12.1 Å². The lowest BCUT2D eigenvalue weighted by atomic mass is 9.97. The zero-order valence-electron chi connectivity index (χ0n) is 14.9. The van der Waals surface area contributed by atoms with Crippen molar-refractivity contribution in [3.63, 3.8) is 0 Å². The zero-order chi connectivity index (χ0) is 19.0. The van der Waals surface area contributed by atoms with Crippen molar-refractivity contribution in [3.8, 4) is 17.2 Å². The Morgan fingerprint density at radius 3 is 2.70 bits per heavy atom. The van der Waals surface area contributed by atoms with Crippen molar-refractivity contribution in [2.75, 3.05) is 18.5 Å². The minimum absolute atomic E-state index is 0.00910. The van der Waals surface area contributed by atoms with Crippen molar-refractivity contribution in [3.05, 3.63) is 46.9 Å². The number of amides is 1. The minimum atomic E-state index is -0.550. The number of halogens is 1. The van der Waals surface area contributed by atoms with E-state index in [2.05, 4.69) is 21.7 Å². The molecule has 1 amide bonds. The van der Waals surface area contributed by atoms with Crippen LogP contribution in [0.25, 0.3) is 11.1 Å². The summed E-state index contributed by atoms with van der Waals surface area (Å²) in [4.78, 5) is 16.7. The third-order valence-electron chi connectivity index (χ3n) is 4.77. The molecule has 138 valence electrons. The molecule has 0 atom stereocenters. The van der Waals surface area contributed by atoms with E-state index in [-0.39, 0.29) is 17.6 Å². The summed E-state index contributed by atoms with van der Waals surface area (Å²) in [5.41, 5.74) is 2.43. The van der Waals surface area contributed by atoms with Crippen molar-refractivity contribution in [1.29, 1.82) is 5.26 Å². The van der Waals surface area contributed by atoms with Crippen LogP contribution in [0.2, 0.25) is 0 Å². The average Bonchev–Trinajstić information content (AvgIpc) is 3.42. The van der Waals surface area contributed by atoms with Crippen molar-refractivity contribution in [2.45, 2.75) is 31.8 Å². The fraction of sp³-hybridized carbons (Fsp3) is 0.350. The van der Waals surface area contributed by atoms with Gasteiger partial charge in [-0.25, -0.2) is 9.37 Å². The predicted molar refractivity (Wildman–Crippen MR) is 97.8 cm³/mol. The van der Waals surface area contributed by atoms with E-state index in [1.54, 1.807) is 19.2 Å². The average molecular weight is 366 g/mol. The molecule has 0 bridgehead atoms. The van der Waals surface area contributed by atoms with Gasteiger partial charge in [0.05, 0.1) is 30.4 Å². The van der Waals surface area contributed by atoms with Crippen LogP contribution < -0.4 is 10.6 Å². The lowest BCUT2D eigenvalue weighted by molar-refractivity contribution is 0.0209. The normalized spacial score (nSPS) is 16.3. The lowest BCUT2D eigenvalue weighted by Gasteiger charge is -2.27. The Morgan fingerprint density at radius 1 is 1.30 bits per heavy atom. The maximum atomic E-state index is 14.3. The number of aryl methyl sites for hydroxylation is 1. The zero-order valence-corrected chi connectivity index (χ0v) is 14.9. The molecule has 6 nitrogen and oxygen atoms in total. The number of pyridine rings is 1. The molecule has 2 aromatic rings. The van der Waals surface area contributed by atoms with E-state index in [4.69, 9.17) is 4.74 Å². The maximum absolute atomic E-state index is 14.3. The first-order valence-electron chi connectivity index (χ1n) is 8.91. The Balaban J connectivity index is 1.67. The molecule has 0 spiro atoms. The number of benzene rings is 1. The van der Waals surface area contributed by atoms with Crippen LogP contribution in [0.3, 0.4) is 0 Å². The number of hydrogen-bond acceptors (Lipinski definition) is 5. The lowest BCUT2D eigenvalue weighted by Crippen LogP contribution is -2.40. The van der Waals surface area contributed by atoms with Gasteiger partial charge in [0.15, 0.2) is 0 Å². The largest absolute Gasteiger partial charge is 0.377 e. The highest BCUT2D eigenvalue weighted by Gasteiger charge is 2.26. The Hall–Kier alpha value is -2.98. The Bertz CT molecular complexity index is 946. The quantitative estimate of drug-likeness (QED) is 0.850. The summed E-state index contributed by atoms with van der Waals surface area (Å²) < 4.78 is 19.4. The van der Waals surface area contributed by atoms with Gasteiger partial charge in [0, 0.05) is 17.8 Å². The topological polar surface area (TPSA) is 87.0 Å². The van der Waals surface area contributed by atoms with Gasteiger partial charge < -0.3 is 15.4 Å². The summed E-state index contributed by atoms with van der Waals surface area (Å²) in [6, 6.07) is 7.03. The number of hydrogen-bond donors (Lipinski definition) is 2. The Kier molecular flexibility index (Phi) is 4.50. The van der Waals surface area contributed by atoms with Crippen LogP contribution in [-0.2, 0) is 4.74 Å². The molecule has 1 aliphatic carbocycles. The van der Waals surface area contributed by atoms with E-state index in [9.17, 15) is 14.4 Å². The predicted octanol–water partition coefficient (Wildman–Crippen LogP) is 2.77. The second kappa shape index (κ2) is 6.97. The van der Waals surface area contributed by atoms with E-state index in [0.29, 0.717) is 41.3 Å². The van der Waals surface area contributed by atoms with Gasteiger partial charge in [-0.2, -0.15) is 5.26 Å². The van der Waals surface area contributed by atoms with Gasteiger partial charge in [-0.05, 0) is 49.1 Å². The molecule has 4 rings (SSSR count). The molecular formula is C20H19FN4O2. The van der Waals surface area contributed by atoms with E-state index < -0.39 is 11.7 Å². The second-order valence-corrected chi connectivity index (χ2v) is 7.01. The summed E-state index contributed by atoms with van der Waals surface area (Å²) in [5, 5.41) is 15.5. The number of carbonyl (C=O) groups excluding carboxylic acids is 1. The van der Waals surface area contributed by atoms with Gasteiger partial charge in [-0.1, -0.05) is 0 Å². The number of rotatable bonds is 5. The number of aromatic nitrogens is 1. The van der Waals surface area contributed by atoms with Crippen LogP contribution in [0.4, 0.5) is 10.2 Å². The Morgan fingerprint density at radius 2 is 2.07 bits per heavy atom.